The fourth-order valence-corrected chi connectivity index (χ4v) is 3.66. The van der Waals surface area contributed by atoms with Gasteiger partial charge in [-0.25, -0.2) is 10.5 Å². The lowest BCUT2D eigenvalue weighted by Gasteiger charge is -2.23. The third-order valence-electron chi connectivity index (χ3n) is 5.37. The van der Waals surface area contributed by atoms with Gasteiger partial charge in [-0.05, 0) is 67.7 Å². The first-order valence-corrected chi connectivity index (χ1v) is 10.6. The number of amides is 1. The normalized spacial score (nSPS) is 14.7. The van der Waals surface area contributed by atoms with Crippen LogP contribution in [0.1, 0.15) is 28.8 Å². The first kappa shape index (κ1) is 21.5. The predicted octanol–water partition coefficient (Wildman–Crippen LogP) is 4.17. The molecule has 2 aromatic carbocycles. The summed E-state index contributed by atoms with van der Waals surface area (Å²) in [4.78, 5) is 17.0. The zero-order valence-electron chi connectivity index (χ0n) is 17.9. The third-order valence-corrected chi connectivity index (χ3v) is 5.37. The maximum absolute atomic E-state index is 12.7. The molecule has 2 heterocycles. The van der Waals surface area contributed by atoms with Crippen LogP contribution < -0.4 is 20.7 Å². The number of rotatable bonds is 7. The second-order valence-corrected chi connectivity index (χ2v) is 7.61. The van der Waals surface area contributed by atoms with Crippen LogP contribution in [-0.2, 0) is 0 Å². The number of nitrogens with one attached hydrogen (secondary N) is 4. The summed E-state index contributed by atoms with van der Waals surface area (Å²) in [5, 5.41) is 14.4. The van der Waals surface area contributed by atoms with Gasteiger partial charge in [0.2, 0.25) is 0 Å². The Balaban J connectivity index is 1.46. The summed E-state index contributed by atoms with van der Waals surface area (Å²) >= 11 is 0. The summed E-state index contributed by atoms with van der Waals surface area (Å²) in [6.07, 6.45) is 5.56. The Morgan fingerprint density at radius 1 is 1.12 bits per heavy atom. The Hall–Kier alpha value is -3.78. The Kier molecular flexibility index (Phi) is 6.72. The number of hydrogen-bond donors (Lipinski definition) is 4. The van der Waals surface area contributed by atoms with Gasteiger partial charge in [0.1, 0.15) is 23.4 Å². The molecule has 1 saturated heterocycles. The highest BCUT2D eigenvalue weighted by molar-refractivity contribution is 6.04. The molecule has 1 aromatic heterocycles. The number of carbonyl (C=O) groups is 1. The van der Waals surface area contributed by atoms with E-state index in [4.69, 9.17) is 10.3 Å². The molecule has 1 aliphatic heterocycles. The van der Waals surface area contributed by atoms with Gasteiger partial charge >= 0.3 is 0 Å². The van der Waals surface area contributed by atoms with Crippen LogP contribution in [0.3, 0.4) is 0 Å². The van der Waals surface area contributed by atoms with Crippen molar-refractivity contribution in [3.8, 4) is 5.75 Å². The lowest BCUT2D eigenvalue weighted by atomic mass is 10.1. The second kappa shape index (κ2) is 10.0. The van der Waals surface area contributed by atoms with Crippen LogP contribution >= 0.6 is 0 Å². The van der Waals surface area contributed by atoms with Crippen LogP contribution in [0.4, 0.5) is 5.82 Å². The molecule has 8 nitrogen and oxygen atoms in total. The summed E-state index contributed by atoms with van der Waals surface area (Å²) in [7, 11) is 1.76. The fourth-order valence-electron chi connectivity index (χ4n) is 3.66. The molecular formula is C24H26N6O2. The van der Waals surface area contributed by atoms with Gasteiger partial charge in [0.05, 0.1) is 0 Å². The largest absolute Gasteiger partial charge is 0.490 e. The van der Waals surface area contributed by atoms with E-state index in [0.717, 1.165) is 48.0 Å². The molecule has 164 valence electrons. The van der Waals surface area contributed by atoms with Crippen molar-refractivity contribution < 1.29 is 9.53 Å². The zero-order valence-corrected chi connectivity index (χ0v) is 17.9. The smallest absolute Gasteiger partial charge is 0.256 e. The molecule has 8 heteroatoms. The number of benzene rings is 2. The summed E-state index contributed by atoms with van der Waals surface area (Å²) in [5.41, 5.74) is 9.21. The first-order valence-electron chi connectivity index (χ1n) is 10.6. The highest BCUT2D eigenvalue weighted by atomic mass is 16.5. The van der Waals surface area contributed by atoms with Crippen LogP contribution in [0.5, 0.6) is 5.75 Å². The second-order valence-electron chi connectivity index (χ2n) is 7.61. The number of aromatic nitrogens is 1. The minimum atomic E-state index is -0.238. The van der Waals surface area contributed by atoms with E-state index >= 15 is 0 Å². The molecule has 0 atom stereocenters. The lowest BCUT2D eigenvalue weighted by Crippen LogP contribution is -2.34. The van der Waals surface area contributed by atoms with E-state index in [0.29, 0.717) is 17.1 Å². The number of carbonyl (C=O) groups excluding carboxylic acids is 1. The molecule has 4 rings (SSSR count). The Morgan fingerprint density at radius 3 is 2.59 bits per heavy atom. The molecule has 0 bridgehead atoms. The molecule has 4 N–H and O–H groups in total. The number of ether oxygens (including phenoxy) is 1. The molecule has 1 fully saturated rings. The average Bonchev–Trinajstić information content (AvgIpc) is 2.83. The fraction of sp³-hybridized carbons (Fsp3) is 0.250. The molecule has 0 radical (unpaired) electrons. The summed E-state index contributed by atoms with van der Waals surface area (Å²) in [6, 6.07) is 14.7. The maximum Gasteiger partial charge on any atom is 0.256 e. The molecular weight excluding hydrogens is 404 g/mol. The lowest BCUT2D eigenvalue weighted by molar-refractivity contribution is 0.102. The van der Waals surface area contributed by atoms with Crippen LogP contribution in [-0.4, -0.2) is 37.1 Å². The molecule has 0 saturated carbocycles. The van der Waals surface area contributed by atoms with E-state index in [2.05, 4.69) is 26.0 Å². The number of piperidine rings is 1. The molecule has 1 aliphatic rings. The zero-order chi connectivity index (χ0) is 22.3. The maximum atomic E-state index is 12.7. The van der Waals surface area contributed by atoms with Gasteiger partial charge in [-0.15, -0.1) is 0 Å². The van der Waals surface area contributed by atoms with Gasteiger partial charge in [-0.1, -0.05) is 12.1 Å². The number of nitrogens with zero attached hydrogens (tertiary/aromatic N) is 2. The van der Waals surface area contributed by atoms with E-state index in [1.165, 1.54) is 0 Å². The third kappa shape index (κ3) is 5.09. The monoisotopic (exact) mass is 430 g/mol. The first-order chi connectivity index (χ1) is 15.7. The molecule has 32 heavy (non-hydrogen) atoms. The van der Waals surface area contributed by atoms with Crippen molar-refractivity contribution in [2.75, 3.05) is 25.5 Å². The highest BCUT2D eigenvalue weighted by Gasteiger charge is 2.15. The van der Waals surface area contributed by atoms with Crippen molar-refractivity contribution in [2.24, 2.45) is 5.11 Å². The summed E-state index contributed by atoms with van der Waals surface area (Å²) in [6.45, 7) is 1.94. The van der Waals surface area contributed by atoms with Crippen LogP contribution in [0.2, 0.25) is 0 Å². The number of pyridine rings is 1. The SMILES string of the molecule is CN/C=C(\N=N)c1ccc2cnc(NC(=O)c3ccc(OC4CCNCC4)cc3)cc2c1. The Labute approximate surface area is 186 Å². The van der Waals surface area contributed by atoms with E-state index in [9.17, 15) is 4.79 Å². The van der Waals surface area contributed by atoms with Crippen molar-refractivity contribution in [3.63, 3.8) is 0 Å². The van der Waals surface area contributed by atoms with Crippen LogP contribution in [0.25, 0.3) is 16.5 Å². The van der Waals surface area contributed by atoms with Crippen molar-refractivity contribution in [3.05, 3.63) is 72.1 Å². The van der Waals surface area contributed by atoms with E-state index in [1.807, 2.05) is 36.4 Å². The van der Waals surface area contributed by atoms with Crippen molar-refractivity contribution in [1.29, 1.82) is 5.53 Å². The summed E-state index contributed by atoms with van der Waals surface area (Å²) in [5.74, 6) is 0.991. The standard InChI is InChI=1S/C24H26N6O2/c1-26-15-22(30-25)17-2-3-18-14-28-23(13-19(18)12-17)29-24(31)16-4-6-20(7-5-16)32-21-8-10-27-11-9-21/h2-7,12-15,21,25-27H,8-11H2,1H3,(H,28,29,31)/b22-15-,30-25?. The Morgan fingerprint density at radius 2 is 1.88 bits per heavy atom. The molecule has 0 unspecified atom stereocenters. The Bertz CT molecular complexity index is 1140. The van der Waals surface area contributed by atoms with E-state index in [1.54, 1.807) is 31.6 Å². The number of hydrogen-bond acceptors (Lipinski definition) is 7. The van der Waals surface area contributed by atoms with Gasteiger partial charge < -0.3 is 20.7 Å². The van der Waals surface area contributed by atoms with Crippen LogP contribution in [0.15, 0.2) is 66.0 Å². The van der Waals surface area contributed by atoms with Crippen LogP contribution in [0, 0.1) is 5.53 Å². The number of fused-ring (bicyclic) bond motifs is 1. The molecule has 3 aromatic rings. The number of anilines is 1. The predicted molar refractivity (Wildman–Crippen MR) is 125 cm³/mol. The van der Waals surface area contributed by atoms with Gasteiger partial charge in [0.15, 0.2) is 0 Å². The molecule has 0 aliphatic carbocycles. The van der Waals surface area contributed by atoms with Gasteiger partial charge in [0.25, 0.3) is 5.91 Å². The van der Waals surface area contributed by atoms with Crippen molar-refractivity contribution in [1.82, 2.24) is 15.6 Å². The van der Waals surface area contributed by atoms with Gasteiger partial charge in [-0.2, -0.15) is 5.11 Å². The minimum absolute atomic E-state index is 0.217. The van der Waals surface area contributed by atoms with E-state index in [-0.39, 0.29) is 12.0 Å². The highest BCUT2D eigenvalue weighted by Crippen LogP contribution is 2.24. The van der Waals surface area contributed by atoms with Crippen molar-refractivity contribution in [2.45, 2.75) is 18.9 Å². The van der Waals surface area contributed by atoms with Crippen molar-refractivity contribution >= 4 is 28.2 Å². The topological polar surface area (TPSA) is 111 Å². The van der Waals surface area contributed by atoms with Gasteiger partial charge in [0, 0.05) is 36.0 Å². The summed E-state index contributed by atoms with van der Waals surface area (Å²) < 4.78 is 6.00. The molecule has 1 amide bonds. The van der Waals surface area contributed by atoms with Gasteiger partial charge in [-0.3, -0.25) is 4.79 Å². The average molecular weight is 431 g/mol. The van der Waals surface area contributed by atoms with E-state index < -0.39 is 0 Å². The quantitative estimate of drug-likeness (QED) is 0.421. The molecule has 0 spiro atoms. The minimum Gasteiger partial charge on any atom is -0.490 e.